The van der Waals surface area contributed by atoms with Gasteiger partial charge in [-0.15, -0.1) is 0 Å². The van der Waals surface area contributed by atoms with Crippen molar-refractivity contribution in [3.63, 3.8) is 0 Å². The van der Waals surface area contributed by atoms with Crippen molar-refractivity contribution < 1.29 is 4.52 Å². The molecule has 3 rings (SSSR count). The number of aryl methyl sites for hydroxylation is 1. The van der Waals surface area contributed by atoms with Crippen LogP contribution in [0.2, 0.25) is 5.02 Å². The van der Waals surface area contributed by atoms with Crippen LogP contribution in [0.1, 0.15) is 11.5 Å². The normalized spacial score (nSPS) is 10.8. The molecule has 0 saturated carbocycles. The molecule has 0 saturated heterocycles. The van der Waals surface area contributed by atoms with Crippen LogP contribution in [0.4, 0.5) is 0 Å². The largest absolute Gasteiger partial charge is 0.338 e. The van der Waals surface area contributed by atoms with Gasteiger partial charge in [0.1, 0.15) is 0 Å². The summed E-state index contributed by atoms with van der Waals surface area (Å²) in [5.74, 6) is 1.70. The van der Waals surface area contributed by atoms with E-state index in [0.717, 1.165) is 16.2 Å². The molecule has 2 aromatic heterocycles. The molecule has 4 nitrogen and oxygen atoms in total. The van der Waals surface area contributed by atoms with Gasteiger partial charge in [-0.3, -0.25) is 0 Å². The number of hydrogen-bond donors (Lipinski definition) is 0. The summed E-state index contributed by atoms with van der Waals surface area (Å²) in [6.45, 7) is 2.01. The van der Waals surface area contributed by atoms with E-state index in [-0.39, 0.29) is 0 Å². The lowest BCUT2D eigenvalue weighted by Gasteiger charge is -1.97. The number of benzene rings is 1. The monoisotopic (exact) mass is 317 g/mol. The van der Waals surface area contributed by atoms with E-state index in [1.807, 2.05) is 49.5 Å². The van der Waals surface area contributed by atoms with Crippen molar-refractivity contribution in [3.05, 3.63) is 59.1 Å². The van der Waals surface area contributed by atoms with E-state index in [1.165, 1.54) is 0 Å². The minimum absolute atomic E-state index is 0.546. The number of thioether (sulfide) groups is 1. The first kappa shape index (κ1) is 14.1. The fraction of sp³-hybridized carbons (Fsp3) is 0.133. The summed E-state index contributed by atoms with van der Waals surface area (Å²) >= 11 is 7.52. The van der Waals surface area contributed by atoms with Gasteiger partial charge in [0.15, 0.2) is 0 Å². The first-order valence-corrected chi connectivity index (χ1v) is 7.71. The maximum absolute atomic E-state index is 5.96. The SMILES string of the molecule is Cc1ccc(SCc2nc(-c3cccc(Cl)c3)no2)nc1. The van der Waals surface area contributed by atoms with Crippen LogP contribution in [0, 0.1) is 6.92 Å². The van der Waals surface area contributed by atoms with E-state index in [2.05, 4.69) is 15.1 Å². The average Bonchev–Trinajstić information content (AvgIpc) is 2.96. The fourth-order valence-electron chi connectivity index (χ4n) is 1.73. The van der Waals surface area contributed by atoms with Crippen LogP contribution in [-0.2, 0) is 5.75 Å². The van der Waals surface area contributed by atoms with Gasteiger partial charge in [0.2, 0.25) is 11.7 Å². The molecule has 0 bridgehead atoms. The summed E-state index contributed by atoms with van der Waals surface area (Å²) in [5.41, 5.74) is 1.98. The predicted octanol–water partition coefficient (Wildman–Crippen LogP) is 4.39. The van der Waals surface area contributed by atoms with Gasteiger partial charge in [0.05, 0.1) is 10.8 Å². The standard InChI is InChI=1S/C15H12ClN3OS/c1-10-5-6-14(17-8-10)21-9-13-18-15(19-20-13)11-3-2-4-12(16)7-11/h2-8H,9H2,1H3. The lowest BCUT2D eigenvalue weighted by atomic mass is 10.2. The molecule has 0 aliphatic rings. The van der Waals surface area contributed by atoms with Crippen LogP contribution in [0.25, 0.3) is 11.4 Å². The Hall–Kier alpha value is -1.85. The lowest BCUT2D eigenvalue weighted by Crippen LogP contribution is -1.85. The summed E-state index contributed by atoms with van der Waals surface area (Å²) in [5, 5.41) is 5.56. The molecule has 2 heterocycles. The van der Waals surface area contributed by atoms with E-state index in [0.29, 0.717) is 22.5 Å². The smallest absolute Gasteiger partial charge is 0.237 e. The van der Waals surface area contributed by atoms with E-state index in [9.17, 15) is 0 Å². The van der Waals surface area contributed by atoms with Crippen molar-refractivity contribution in [1.29, 1.82) is 0 Å². The minimum Gasteiger partial charge on any atom is -0.338 e. The molecule has 0 spiro atoms. The quantitative estimate of drug-likeness (QED) is 0.668. The third-order valence-electron chi connectivity index (χ3n) is 2.78. The molecule has 0 aliphatic heterocycles. The maximum atomic E-state index is 5.96. The number of rotatable bonds is 4. The topological polar surface area (TPSA) is 51.8 Å². The molecule has 21 heavy (non-hydrogen) atoms. The molecule has 106 valence electrons. The van der Waals surface area contributed by atoms with Crippen LogP contribution >= 0.6 is 23.4 Å². The van der Waals surface area contributed by atoms with Crippen LogP contribution < -0.4 is 0 Å². The highest BCUT2D eigenvalue weighted by molar-refractivity contribution is 7.98. The van der Waals surface area contributed by atoms with E-state index >= 15 is 0 Å². The van der Waals surface area contributed by atoms with Crippen molar-refractivity contribution in [2.75, 3.05) is 0 Å². The van der Waals surface area contributed by atoms with Crippen molar-refractivity contribution >= 4 is 23.4 Å². The number of aromatic nitrogens is 3. The molecule has 6 heteroatoms. The number of halogens is 1. The van der Waals surface area contributed by atoms with Gasteiger partial charge < -0.3 is 4.52 Å². The second-order valence-corrected chi connectivity index (χ2v) is 5.92. The highest BCUT2D eigenvalue weighted by Gasteiger charge is 2.09. The average molecular weight is 318 g/mol. The molecule has 0 fully saturated rings. The Labute approximate surface area is 131 Å². The van der Waals surface area contributed by atoms with Gasteiger partial charge in [-0.1, -0.05) is 46.7 Å². The summed E-state index contributed by atoms with van der Waals surface area (Å²) in [4.78, 5) is 8.69. The first-order valence-electron chi connectivity index (χ1n) is 6.35. The second kappa shape index (κ2) is 6.28. The van der Waals surface area contributed by atoms with Crippen LogP contribution in [0.15, 0.2) is 52.1 Å². The van der Waals surface area contributed by atoms with E-state index < -0.39 is 0 Å². The van der Waals surface area contributed by atoms with Crippen LogP contribution in [0.3, 0.4) is 0 Å². The molecule has 0 N–H and O–H groups in total. The number of hydrogen-bond acceptors (Lipinski definition) is 5. The molecule has 0 amide bonds. The van der Waals surface area contributed by atoms with Crippen LogP contribution in [0.5, 0.6) is 0 Å². The molecule has 0 atom stereocenters. The highest BCUT2D eigenvalue weighted by atomic mass is 35.5. The lowest BCUT2D eigenvalue weighted by molar-refractivity contribution is 0.391. The summed E-state index contributed by atoms with van der Waals surface area (Å²) in [6, 6.07) is 11.4. The maximum Gasteiger partial charge on any atom is 0.237 e. The zero-order chi connectivity index (χ0) is 14.7. The Morgan fingerprint density at radius 3 is 2.90 bits per heavy atom. The van der Waals surface area contributed by atoms with Gasteiger partial charge >= 0.3 is 0 Å². The molecule has 3 aromatic rings. The number of pyridine rings is 1. The second-order valence-electron chi connectivity index (χ2n) is 4.48. The molecule has 1 aromatic carbocycles. The van der Waals surface area contributed by atoms with E-state index in [4.69, 9.17) is 16.1 Å². The fourth-order valence-corrected chi connectivity index (χ4v) is 2.60. The van der Waals surface area contributed by atoms with Crippen molar-refractivity contribution in [2.45, 2.75) is 17.7 Å². The number of nitrogens with zero attached hydrogens (tertiary/aromatic N) is 3. The highest BCUT2D eigenvalue weighted by Crippen LogP contribution is 2.23. The first-order chi connectivity index (χ1) is 10.2. The van der Waals surface area contributed by atoms with Gasteiger partial charge in [-0.25, -0.2) is 4.98 Å². The van der Waals surface area contributed by atoms with Gasteiger partial charge in [0.25, 0.3) is 0 Å². The third-order valence-corrected chi connectivity index (χ3v) is 3.94. The Kier molecular flexibility index (Phi) is 4.22. The molecular formula is C15H12ClN3OS. The molecule has 0 radical (unpaired) electrons. The van der Waals surface area contributed by atoms with Crippen molar-refractivity contribution in [3.8, 4) is 11.4 Å². The zero-order valence-electron chi connectivity index (χ0n) is 11.3. The van der Waals surface area contributed by atoms with E-state index in [1.54, 1.807) is 11.8 Å². The van der Waals surface area contributed by atoms with Crippen molar-refractivity contribution in [2.24, 2.45) is 0 Å². The third kappa shape index (κ3) is 3.62. The van der Waals surface area contributed by atoms with Crippen molar-refractivity contribution in [1.82, 2.24) is 15.1 Å². The minimum atomic E-state index is 0.546. The van der Waals surface area contributed by atoms with Gasteiger partial charge in [0, 0.05) is 16.8 Å². The van der Waals surface area contributed by atoms with Gasteiger partial charge in [-0.05, 0) is 30.7 Å². The summed E-state index contributed by atoms with van der Waals surface area (Å²) in [6.07, 6.45) is 1.84. The summed E-state index contributed by atoms with van der Waals surface area (Å²) in [7, 11) is 0. The van der Waals surface area contributed by atoms with Gasteiger partial charge in [-0.2, -0.15) is 4.98 Å². The summed E-state index contributed by atoms with van der Waals surface area (Å²) < 4.78 is 5.25. The molecule has 0 aliphatic carbocycles. The molecular weight excluding hydrogens is 306 g/mol. The zero-order valence-corrected chi connectivity index (χ0v) is 12.9. The Morgan fingerprint density at radius 2 is 2.14 bits per heavy atom. The Morgan fingerprint density at radius 1 is 1.24 bits per heavy atom. The van der Waals surface area contributed by atoms with Crippen LogP contribution in [-0.4, -0.2) is 15.1 Å². The Bertz CT molecular complexity index is 743. The Balaban J connectivity index is 1.69. The molecule has 0 unspecified atom stereocenters. The predicted molar refractivity (Wildman–Crippen MR) is 83.3 cm³/mol.